The predicted molar refractivity (Wildman–Crippen MR) is 116 cm³/mol. The number of para-hydroxylation sites is 1. The summed E-state index contributed by atoms with van der Waals surface area (Å²) in [7, 11) is 1.70. The average Bonchev–Trinajstić information content (AvgIpc) is 3.15. The standard InChI is InChI=1S/C26H24F3NO3/c1-12-19(17-5-3-4-6-18(17)30(12)2)23(26(27,28)29)22-21(24(31)33-25(22)32)20-15-8-13-7-14(10-15)11-16(20)9-13/h3-6,13-16H,7-11H2,1-2H3/b21-20?,23-22+. The summed E-state index contributed by atoms with van der Waals surface area (Å²) in [5.41, 5.74) is -0.0322. The number of rotatable bonds is 1. The van der Waals surface area contributed by atoms with Crippen molar-refractivity contribution >= 4 is 28.4 Å². The van der Waals surface area contributed by atoms with Crippen LogP contribution in [0.25, 0.3) is 16.5 Å². The van der Waals surface area contributed by atoms with Crippen molar-refractivity contribution in [2.24, 2.45) is 30.7 Å². The van der Waals surface area contributed by atoms with E-state index in [1.165, 1.54) is 6.42 Å². The van der Waals surface area contributed by atoms with Crippen LogP contribution in [-0.2, 0) is 21.4 Å². The molecule has 7 heteroatoms. The summed E-state index contributed by atoms with van der Waals surface area (Å²) in [6.45, 7) is 1.61. The number of carbonyl (C=O) groups excluding carboxylic acids is 2. The molecule has 172 valence electrons. The van der Waals surface area contributed by atoms with Gasteiger partial charge in [-0.3, -0.25) is 0 Å². The van der Waals surface area contributed by atoms with Crippen LogP contribution in [0.3, 0.4) is 0 Å². The van der Waals surface area contributed by atoms with Crippen molar-refractivity contribution in [2.45, 2.75) is 45.2 Å². The maximum absolute atomic E-state index is 14.8. The number of aryl methyl sites for hydroxylation is 1. The predicted octanol–water partition coefficient (Wildman–Crippen LogP) is 5.64. The topological polar surface area (TPSA) is 48.3 Å². The number of nitrogens with zero attached hydrogens (tertiary/aromatic N) is 1. The van der Waals surface area contributed by atoms with Gasteiger partial charge in [0.25, 0.3) is 0 Å². The molecule has 0 radical (unpaired) electrons. The molecule has 5 aliphatic rings. The summed E-state index contributed by atoms with van der Waals surface area (Å²) in [4.78, 5) is 25.8. The molecule has 2 aromatic rings. The largest absolute Gasteiger partial charge is 0.417 e. The van der Waals surface area contributed by atoms with E-state index in [2.05, 4.69) is 0 Å². The minimum Gasteiger partial charge on any atom is -0.386 e. The van der Waals surface area contributed by atoms with Crippen LogP contribution in [-0.4, -0.2) is 22.7 Å². The van der Waals surface area contributed by atoms with E-state index in [1.807, 2.05) is 0 Å². The Morgan fingerprint density at radius 3 is 2.18 bits per heavy atom. The van der Waals surface area contributed by atoms with Gasteiger partial charge in [0.1, 0.15) is 0 Å². The van der Waals surface area contributed by atoms with Gasteiger partial charge in [-0.25, -0.2) is 9.59 Å². The van der Waals surface area contributed by atoms with E-state index in [0.717, 1.165) is 31.3 Å². The molecule has 4 saturated carbocycles. The second-order valence-corrected chi connectivity index (χ2v) is 10.1. The van der Waals surface area contributed by atoms with Crippen molar-refractivity contribution in [3.05, 3.63) is 52.2 Å². The van der Waals surface area contributed by atoms with Crippen LogP contribution in [0, 0.1) is 30.6 Å². The van der Waals surface area contributed by atoms with E-state index >= 15 is 0 Å². The number of allylic oxidation sites excluding steroid dienone is 2. The van der Waals surface area contributed by atoms with E-state index in [1.54, 1.807) is 42.8 Å². The number of carbonyl (C=O) groups is 2. The molecule has 0 N–H and O–H groups in total. The first-order valence-corrected chi connectivity index (χ1v) is 11.5. The fourth-order valence-electron chi connectivity index (χ4n) is 7.22. The van der Waals surface area contributed by atoms with Crippen molar-refractivity contribution in [2.75, 3.05) is 0 Å². The van der Waals surface area contributed by atoms with E-state index < -0.39 is 29.3 Å². The van der Waals surface area contributed by atoms with E-state index in [-0.39, 0.29) is 23.0 Å². The highest BCUT2D eigenvalue weighted by atomic mass is 19.4. The van der Waals surface area contributed by atoms with E-state index in [4.69, 9.17) is 4.74 Å². The number of hydrogen-bond acceptors (Lipinski definition) is 3. The molecule has 0 spiro atoms. The van der Waals surface area contributed by atoms with Crippen molar-refractivity contribution in [1.82, 2.24) is 4.57 Å². The first-order chi connectivity index (χ1) is 15.6. The Morgan fingerprint density at radius 1 is 0.970 bits per heavy atom. The van der Waals surface area contributed by atoms with Crippen LogP contribution in [0.5, 0.6) is 0 Å². The summed E-state index contributed by atoms with van der Waals surface area (Å²) in [5, 5.41) is 0.402. The summed E-state index contributed by atoms with van der Waals surface area (Å²) >= 11 is 0. The van der Waals surface area contributed by atoms with Crippen molar-refractivity contribution in [3.8, 4) is 0 Å². The van der Waals surface area contributed by atoms with Gasteiger partial charge >= 0.3 is 18.1 Å². The van der Waals surface area contributed by atoms with Crippen molar-refractivity contribution in [3.63, 3.8) is 0 Å². The highest BCUT2D eigenvalue weighted by Crippen LogP contribution is 2.59. The molecule has 4 aliphatic carbocycles. The molecule has 4 nitrogen and oxygen atoms in total. The summed E-state index contributed by atoms with van der Waals surface area (Å²) in [6, 6.07) is 6.82. The van der Waals surface area contributed by atoms with Gasteiger partial charge in [-0.15, -0.1) is 0 Å². The molecule has 0 atom stereocenters. The lowest BCUT2D eigenvalue weighted by Crippen LogP contribution is -2.41. The zero-order valence-electron chi connectivity index (χ0n) is 18.5. The van der Waals surface area contributed by atoms with Gasteiger partial charge in [0.05, 0.1) is 16.7 Å². The third kappa shape index (κ3) is 2.90. The molecule has 0 amide bonds. The van der Waals surface area contributed by atoms with Crippen LogP contribution in [0.15, 0.2) is 41.0 Å². The molecule has 7 rings (SSSR count). The Morgan fingerprint density at radius 2 is 1.58 bits per heavy atom. The maximum atomic E-state index is 14.8. The van der Waals surface area contributed by atoms with Crippen LogP contribution >= 0.6 is 0 Å². The first-order valence-electron chi connectivity index (χ1n) is 11.5. The Hall–Kier alpha value is -2.83. The minimum absolute atomic E-state index is 0.0517. The molecule has 33 heavy (non-hydrogen) atoms. The number of hydrogen-bond donors (Lipinski definition) is 0. The lowest BCUT2D eigenvalue weighted by atomic mass is 9.53. The Balaban J connectivity index is 1.68. The van der Waals surface area contributed by atoms with Gasteiger partial charge in [-0.05, 0) is 74.3 Å². The Kier molecular flexibility index (Phi) is 4.30. The monoisotopic (exact) mass is 455 g/mol. The number of benzene rings is 1. The van der Waals surface area contributed by atoms with Crippen molar-refractivity contribution < 1.29 is 27.5 Å². The molecule has 1 saturated heterocycles. The van der Waals surface area contributed by atoms with Gasteiger partial charge < -0.3 is 9.30 Å². The smallest absolute Gasteiger partial charge is 0.386 e. The molecule has 2 heterocycles. The lowest BCUT2D eigenvalue weighted by molar-refractivity contribution is -0.150. The third-order valence-electron chi connectivity index (χ3n) is 8.33. The van der Waals surface area contributed by atoms with Crippen LogP contribution in [0.2, 0.25) is 0 Å². The van der Waals surface area contributed by atoms with Crippen LogP contribution in [0.1, 0.15) is 43.4 Å². The Bertz CT molecular complexity index is 1260. The second kappa shape index (κ2) is 6.84. The number of fused-ring (bicyclic) bond motifs is 1. The van der Waals surface area contributed by atoms with Crippen LogP contribution in [0.4, 0.5) is 13.2 Å². The fraction of sp³-hybridized carbons (Fsp3) is 0.462. The quantitative estimate of drug-likeness (QED) is 0.318. The van der Waals surface area contributed by atoms with E-state index in [0.29, 0.717) is 28.4 Å². The summed E-state index contributed by atoms with van der Waals surface area (Å²) in [6.07, 6.45) is -0.134. The number of ether oxygens (including phenoxy) is 1. The average molecular weight is 455 g/mol. The summed E-state index contributed by atoms with van der Waals surface area (Å²) < 4.78 is 50.9. The van der Waals surface area contributed by atoms with Gasteiger partial charge in [0, 0.05) is 29.2 Å². The second-order valence-electron chi connectivity index (χ2n) is 10.1. The first kappa shape index (κ1) is 20.8. The normalized spacial score (nSPS) is 30.6. The third-order valence-corrected chi connectivity index (χ3v) is 8.33. The van der Waals surface area contributed by atoms with Gasteiger partial charge in [-0.1, -0.05) is 18.2 Å². The zero-order chi connectivity index (χ0) is 23.2. The number of halogens is 3. The summed E-state index contributed by atoms with van der Waals surface area (Å²) in [5.74, 6) is -0.840. The molecular weight excluding hydrogens is 431 g/mol. The van der Waals surface area contributed by atoms with Crippen LogP contribution < -0.4 is 0 Å². The lowest BCUT2D eigenvalue weighted by Gasteiger charge is -2.51. The fourth-order valence-corrected chi connectivity index (χ4v) is 7.22. The number of aromatic nitrogens is 1. The van der Waals surface area contributed by atoms with Gasteiger partial charge in [0.15, 0.2) is 0 Å². The molecule has 1 aromatic heterocycles. The minimum atomic E-state index is -4.84. The van der Waals surface area contributed by atoms with E-state index in [9.17, 15) is 22.8 Å². The highest BCUT2D eigenvalue weighted by molar-refractivity contribution is 6.23. The number of alkyl halides is 3. The Labute approximate surface area is 189 Å². The number of cyclic esters (lactones) is 2. The molecule has 0 unspecified atom stereocenters. The molecule has 1 aromatic carbocycles. The highest BCUT2D eigenvalue weighted by Gasteiger charge is 2.53. The SMILES string of the molecule is Cc1c(/C(=C2\C(=O)OC(=O)C2=C2C3CC4CC(C3)CC2C4)C(F)(F)F)c2ccccc2n1C. The zero-order valence-corrected chi connectivity index (χ0v) is 18.5. The van der Waals surface area contributed by atoms with Gasteiger partial charge in [-0.2, -0.15) is 13.2 Å². The molecule has 4 bridgehead atoms. The molecule has 1 aliphatic heterocycles. The number of esters is 2. The van der Waals surface area contributed by atoms with Gasteiger partial charge in [0.2, 0.25) is 0 Å². The maximum Gasteiger partial charge on any atom is 0.417 e. The molecular formula is C26H24F3NO3. The van der Waals surface area contributed by atoms with Crippen molar-refractivity contribution in [1.29, 1.82) is 0 Å². The molecule has 5 fully saturated rings.